The Balaban J connectivity index is 1.96. The lowest BCUT2D eigenvalue weighted by Crippen LogP contribution is -2.51. The molecule has 104 valence electrons. The lowest BCUT2D eigenvalue weighted by molar-refractivity contribution is -0.224. The predicted molar refractivity (Wildman–Crippen MR) is 71.7 cm³/mol. The molecule has 1 aromatic carbocycles. The van der Waals surface area contributed by atoms with Gasteiger partial charge < -0.3 is 20.5 Å². The summed E-state index contributed by atoms with van der Waals surface area (Å²) in [6, 6.07) is 7.11. The molecule has 2 rings (SSSR count). The minimum atomic E-state index is -0.432. The second-order valence-corrected chi connectivity index (χ2v) is 4.87. The van der Waals surface area contributed by atoms with Crippen molar-refractivity contribution in [2.75, 3.05) is 13.2 Å². The molecule has 1 fully saturated rings. The molecule has 1 heterocycles. The van der Waals surface area contributed by atoms with E-state index in [2.05, 4.69) is 5.32 Å². The van der Waals surface area contributed by atoms with Gasteiger partial charge >= 0.3 is 0 Å². The summed E-state index contributed by atoms with van der Waals surface area (Å²) in [5.41, 5.74) is 6.16. The standard InChI is InChI=1S/C13H17ClN2O3/c1-8-11(16-12(17)6-15)7-18-13(19-8)9-2-4-10(14)5-3-9/h2-5,8,11,13H,6-7,15H2,1H3,(H,16,17)/t8-,11-,13+/m1/s1. The van der Waals surface area contributed by atoms with Gasteiger partial charge in [-0.2, -0.15) is 0 Å². The van der Waals surface area contributed by atoms with Crippen LogP contribution in [0.3, 0.4) is 0 Å². The van der Waals surface area contributed by atoms with Gasteiger partial charge in [0.15, 0.2) is 6.29 Å². The molecule has 1 amide bonds. The van der Waals surface area contributed by atoms with Crippen molar-refractivity contribution in [3.8, 4) is 0 Å². The number of halogens is 1. The zero-order valence-electron chi connectivity index (χ0n) is 10.6. The van der Waals surface area contributed by atoms with Gasteiger partial charge in [-0.15, -0.1) is 0 Å². The number of hydrogen-bond acceptors (Lipinski definition) is 4. The van der Waals surface area contributed by atoms with Crippen molar-refractivity contribution in [1.82, 2.24) is 5.32 Å². The molecule has 0 aromatic heterocycles. The van der Waals surface area contributed by atoms with Crippen LogP contribution in [0.1, 0.15) is 18.8 Å². The summed E-state index contributed by atoms with van der Waals surface area (Å²) in [7, 11) is 0. The molecule has 0 unspecified atom stereocenters. The first kappa shape index (κ1) is 14.3. The Kier molecular flexibility index (Phi) is 4.76. The van der Waals surface area contributed by atoms with Gasteiger partial charge in [-0.3, -0.25) is 4.79 Å². The highest BCUT2D eigenvalue weighted by molar-refractivity contribution is 6.30. The maximum Gasteiger partial charge on any atom is 0.234 e. The number of carbonyl (C=O) groups is 1. The van der Waals surface area contributed by atoms with Crippen LogP contribution < -0.4 is 11.1 Å². The Morgan fingerprint density at radius 3 is 2.74 bits per heavy atom. The first-order valence-corrected chi connectivity index (χ1v) is 6.50. The number of nitrogens with two attached hydrogens (primary N) is 1. The fraction of sp³-hybridized carbons (Fsp3) is 0.462. The molecule has 5 nitrogen and oxygen atoms in total. The van der Waals surface area contributed by atoms with Crippen LogP contribution in [-0.4, -0.2) is 31.2 Å². The summed E-state index contributed by atoms with van der Waals surface area (Å²) < 4.78 is 11.4. The molecule has 0 spiro atoms. The molecule has 1 aromatic rings. The third-order valence-corrected chi connectivity index (χ3v) is 3.26. The molecule has 0 aliphatic carbocycles. The van der Waals surface area contributed by atoms with Gasteiger partial charge in [-0.1, -0.05) is 23.7 Å². The van der Waals surface area contributed by atoms with Crippen LogP contribution in [0.2, 0.25) is 5.02 Å². The van der Waals surface area contributed by atoms with Gasteiger partial charge in [0.25, 0.3) is 0 Å². The predicted octanol–water partition coefficient (Wildman–Crippen LogP) is 1.22. The summed E-state index contributed by atoms with van der Waals surface area (Å²) in [4.78, 5) is 11.3. The van der Waals surface area contributed by atoms with Crippen LogP contribution in [0.5, 0.6) is 0 Å². The molecule has 0 saturated carbocycles. The van der Waals surface area contributed by atoms with Crippen LogP contribution in [0, 0.1) is 0 Å². The minimum Gasteiger partial charge on any atom is -0.347 e. The van der Waals surface area contributed by atoms with Crippen molar-refractivity contribution in [2.45, 2.75) is 25.4 Å². The number of benzene rings is 1. The van der Waals surface area contributed by atoms with Crippen LogP contribution in [0.4, 0.5) is 0 Å². The fourth-order valence-electron chi connectivity index (χ4n) is 1.88. The average Bonchev–Trinajstić information content (AvgIpc) is 2.41. The zero-order valence-corrected chi connectivity index (χ0v) is 11.4. The van der Waals surface area contributed by atoms with Crippen molar-refractivity contribution in [3.05, 3.63) is 34.9 Å². The van der Waals surface area contributed by atoms with E-state index in [9.17, 15) is 4.79 Å². The Labute approximate surface area is 117 Å². The normalized spacial score (nSPS) is 27.0. The van der Waals surface area contributed by atoms with Crippen molar-refractivity contribution >= 4 is 17.5 Å². The van der Waals surface area contributed by atoms with Crippen molar-refractivity contribution in [1.29, 1.82) is 0 Å². The van der Waals surface area contributed by atoms with Gasteiger partial charge in [0, 0.05) is 10.6 Å². The summed E-state index contributed by atoms with van der Waals surface area (Å²) >= 11 is 5.83. The maximum atomic E-state index is 11.3. The molecule has 3 atom stereocenters. The average molecular weight is 285 g/mol. The monoisotopic (exact) mass is 284 g/mol. The number of carbonyl (C=O) groups excluding carboxylic acids is 1. The smallest absolute Gasteiger partial charge is 0.234 e. The Bertz CT molecular complexity index is 438. The van der Waals surface area contributed by atoms with Crippen LogP contribution in [0.15, 0.2) is 24.3 Å². The summed E-state index contributed by atoms with van der Waals surface area (Å²) in [5, 5.41) is 3.43. The van der Waals surface area contributed by atoms with Gasteiger partial charge in [0.2, 0.25) is 5.91 Å². The van der Waals surface area contributed by atoms with Crippen molar-refractivity contribution < 1.29 is 14.3 Å². The first-order chi connectivity index (χ1) is 9.10. The molecule has 0 radical (unpaired) electrons. The molecule has 1 aliphatic heterocycles. The Morgan fingerprint density at radius 1 is 1.47 bits per heavy atom. The second kappa shape index (κ2) is 6.34. The molecule has 1 aliphatic rings. The summed E-state index contributed by atoms with van der Waals surface area (Å²) in [5.74, 6) is -0.214. The van der Waals surface area contributed by atoms with Gasteiger partial charge in [-0.25, -0.2) is 0 Å². The number of rotatable bonds is 3. The molecular formula is C13H17ClN2O3. The second-order valence-electron chi connectivity index (χ2n) is 4.44. The van der Waals surface area contributed by atoms with Gasteiger partial charge in [0.05, 0.1) is 25.3 Å². The summed E-state index contributed by atoms with van der Waals surface area (Å²) in [6.07, 6.45) is -0.580. The lowest BCUT2D eigenvalue weighted by Gasteiger charge is -2.35. The lowest BCUT2D eigenvalue weighted by atomic mass is 10.1. The number of amides is 1. The number of ether oxygens (including phenoxy) is 2. The van der Waals surface area contributed by atoms with Crippen molar-refractivity contribution in [2.24, 2.45) is 5.73 Å². The van der Waals surface area contributed by atoms with Crippen molar-refractivity contribution in [3.63, 3.8) is 0 Å². The first-order valence-electron chi connectivity index (χ1n) is 6.12. The maximum absolute atomic E-state index is 11.3. The molecule has 0 bridgehead atoms. The van der Waals surface area contributed by atoms with Crippen LogP contribution >= 0.6 is 11.6 Å². The Morgan fingerprint density at radius 2 is 2.16 bits per heavy atom. The highest BCUT2D eigenvalue weighted by Gasteiger charge is 2.30. The highest BCUT2D eigenvalue weighted by atomic mass is 35.5. The fourth-order valence-corrected chi connectivity index (χ4v) is 2.00. The number of nitrogens with one attached hydrogen (secondary N) is 1. The molecule has 19 heavy (non-hydrogen) atoms. The van der Waals surface area contributed by atoms with E-state index in [4.69, 9.17) is 26.8 Å². The van der Waals surface area contributed by atoms with E-state index in [0.717, 1.165) is 5.56 Å². The SMILES string of the molecule is C[C@H]1O[C@@H](c2ccc(Cl)cc2)OC[C@H]1NC(=O)CN. The van der Waals surface area contributed by atoms with E-state index in [1.165, 1.54) is 0 Å². The topological polar surface area (TPSA) is 73.6 Å². The van der Waals surface area contributed by atoms with E-state index in [0.29, 0.717) is 11.6 Å². The van der Waals surface area contributed by atoms with E-state index in [1.807, 2.05) is 19.1 Å². The van der Waals surface area contributed by atoms with E-state index < -0.39 is 6.29 Å². The molecule has 1 saturated heterocycles. The Hall–Kier alpha value is -1.14. The molecule has 6 heteroatoms. The van der Waals surface area contributed by atoms with Crippen LogP contribution in [-0.2, 0) is 14.3 Å². The third-order valence-electron chi connectivity index (χ3n) is 3.01. The quantitative estimate of drug-likeness (QED) is 0.875. The largest absolute Gasteiger partial charge is 0.347 e. The van der Waals surface area contributed by atoms with Gasteiger partial charge in [0.1, 0.15) is 0 Å². The van der Waals surface area contributed by atoms with E-state index in [-0.39, 0.29) is 24.6 Å². The molecule has 3 N–H and O–H groups in total. The van der Waals surface area contributed by atoms with Crippen LogP contribution in [0.25, 0.3) is 0 Å². The summed E-state index contributed by atoms with van der Waals surface area (Å²) in [6.45, 7) is 2.25. The minimum absolute atomic E-state index is 0.0379. The van der Waals surface area contributed by atoms with E-state index >= 15 is 0 Å². The zero-order chi connectivity index (χ0) is 13.8. The van der Waals surface area contributed by atoms with Gasteiger partial charge in [-0.05, 0) is 19.1 Å². The number of hydrogen-bond donors (Lipinski definition) is 2. The van der Waals surface area contributed by atoms with E-state index in [1.54, 1.807) is 12.1 Å². The third kappa shape index (κ3) is 3.67. The highest BCUT2D eigenvalue weighted by Crippen LogP contribution is 2.27. The molecular weight excluding hydrogens is 268 g/mol.